The van der Waals surface area contributed by atoms with Gasteiger partial charge in [0.25, 0.3) is 0 Å². The maximum absolute atomic E-state index is 11.7. The first kappa shape index (κ1) is 26.4. The molecule has 172 valence electrons. The first-order valence-corrected chi connectivity index (χ1v) is 10.3. The van der Waals surface area contributed by atoms with E-state index in [1.165, 1.54) is 24.3 Å². The van der Waals surface area contributed by atoms with Gasteiger partial charge in [0, 0.05) is 0 Å². The smallest absolute Gasteiger partial charge is 0.338 e. The molecule has 8 nitrogen and oxygen atoms in total. The van der Waals surface area contributed by atoms with E-state index in [0.29, 0.717) is 24.3 Å². The minimum Gasteiger partial charge on any atom is -0.478 e. The zero-order valence-electron chi connectivity index (χ0n) is 18.2. The van der Waals surface area contributed by atoms with Crippen LogP contribution >= 0.6 is 0 Å². The average Bonchev–Trinajstić information content (AvgIpc) is 2.79. The molecule has 0 atom stereocenters. The van der Waals surface area contributed by atoms with Crippen LogP contribution in [0, 0.1) is 0 Å². The van der Waals surface area contributed by atoms with Gasteiger partial charge in [0.15, 0.2) is 0 Å². The van der Waals surface area contributed by atoms with Crippen molar-refractivity contribution in [1.29, 1.82) is 0 Å². The van der Waals surface area contributed by atoms with Gasteiger partial charge in [0.05, 0.1) is 35.5 Å². The number of hydrogen-bond donors (Lipinski definition) is 2. The van der Waals surface area contributed by atoms with Crippen LogP contribution in [0.25, 0.3) is 0 Å². The van der Waals surface area contributed by atoms with Gasteiger partial charge < -0.3 is 19.7 Å². The van der Waals surface area contributed by atoms with E-state index in [9.17, 15) is 19.2 Å². The van der Waals surface area contributed by atoms with Crippen LogP contribution in [-0.2, 0) is 9.47 Å². The molecular formula is C24H28O8. The lowest BCUT2D eigenvalue weighted by molar-refractivity contribution is 0.0485. The number of carbonyl (C=O) groups is 4. The van der Waals surface area contributed by atoms with E-state index in [0.717, 1.165) is 25.7 Å². The molecule has 0 spiro atoms. The van der Waals surface area contributed by atoms with Gasteiger partial charge in [-0.1, -0.05) is 26.7 Å². The molecule has 0 unspecified atom stereocenters. The number of aromatic carboxylic acids is 2. The molecule has 2 aromatic rings. The van der Waals surface area contributed by atoms with Gasteiger partial charge in [-0.15, -0.1) is 0 Å². The van der Waals surface area contributed by atoms with Crippen molar-refractivity contribution in [2.75, 3.05) is 13.2 Å². The van der Waals surface area contributed by atoms with Crippen LogP contribution in [0.5, 0.6) is 0 Å². The Kier molecular flexibility index (Phi) is 11.8. The van der Waals surface area contributed by atoms with Crippen LogP contribution < -0.4 is 0 Å². The van der Waals surface area contributed by atoms with Gasteiger partial charge >= 0.3 is 23.9 Å². The predicted octanol–water partition coefficient (Wildman–Crippen LogP) is 4.68. The maximum atomic E-state index is 11.7. The van der Waals surface area contributed by atoms with Crippen molar-refractivity contribution in [2.45, 2.75) is 39.5 Å². The van der Waals surface area contributed by atoms with Gasteiger partial charge in [-0.05, 0) is 61.4 Å². The summed E-state index contributed by atoms with van der Waals surface area (Å²) in [4.78, 5) is 44.0. The van der Waals surface area contributed by atoms with Gasteiger partial charge in [0.2, 0.25) is 0 Å². The van der Waals surface area contributed by atoms with Crippen molar-refractivity contribution >= 4 is 23.9 Å². The number of benzene rings is 2. The summed E-state index contributed by atoms with van der Waals surface area (Å²) in [6.07, 6.45) is 3.67. The number of carboxylic acid groups (broad SMARTS) is 2. The largest absolute Gasteiger partial charge is 0.478 e. The Morgan fingerprint density at radius 1 is 0.594 bits per heavy atom. The molecule has 0 saturated carbocycles. The fourth-order valence-corrected chi connectivity index (χ4v) is 2.28. The second-order valence-corrected chi connectivity index (χ2v) is 6.74. The molecule has 0 aliphatic heterocycles. The van der Waals surface area contributed by atoms with Crippen LogP contribution in [0.2, 0.25) is 0 Å². The van der Waals surface area contributed by atoms with Gasteiger partial charge in [0.1, 0.15) is 0 Å². The van der Waals surface area contributed by atoms with E-state index in [1.807, 2.05) is 13.8 Å². The van der Waals surface area contributed by atoms with Crippen molar-refractivity contribution < 1.29 is 38.9 Å². The second kappa shape index (κ2) is 14.3. The van der Waals surface area contributed by atoms with E-state index >= 15 is 0 Å². The summed E-state index contributed by atoms with van der Waals surface area (Å²) in [6.45, 7) is 4.92. The van der Waals surface area contributed by atoms with E-state index in [-0.39, 0.29) is 23.1 Å². The van der Waals surface area contributed by atoms with Crippen molar-refractivity contribution in [2.24, 2.45) is 0 Å². The Balaban J connectivity index is 0.000000363. The molecule has 0 aliphatic carbocycles. The average molecular weight is 444 g/mol. The Hall–Kier alpha value is -3.68. The number of carboxylic acids is 2. The lowest BCUT2D eigenvalue weighted by Crippen LogP contribution is -2.09. The van der Waals surface area contributed by atoms with Crippen LogP contribution in [0.15, 0.2) is 48.5 Å². The Morgan fingerprint density at radius 2 is 0.875 bits per heavy atom. The number of unbranched alkanes of at least 4 members (excludes halogenated alkanes) is 2. The highest BCUT2D eigenvalue weighted by Gasteiger charge is 2.10. The number of ether oxygens (including phenoxy) is 2. The summed E-state index contributed by atoms with van der Waals surface area (Å²) in [6, 6.07) is 11.4. The van der Waals surface area contributed by atoms with E-state index in [1.54, 1.807) is 24.3 Å². The molecule has 2 N–H and O–H groups in total. The Bertz CT molecular complexity index is 811. The highest BCUT2D eigenvalue weighted by atomic mass is 16.5. The predicted molar refractivity (Wildman–Crippen MR) is 117 cm³/mol. The van der Waals surface area contributed by atoms with E-state index in [2.05, 4.69) is 0 Å². The molecule has 0 fully saturated rings. The lowest BCUT2D eigenvalue weighted by Gasteiger charge is -2.06. The fraction of sp³-hybridized carbons (Fsp3) is 0.333. The number of carbonyl (C=O) groups excluding carboxylic acids is 2. The minimum absolute atomic E-state index is 0.0833. The molecule has 0 amide bonds. The topological polar surface area (TPSA) is 127 Å². The third kappa shape index (κ3) is 9.42. The van der Waals surface area contributed by atoms with E-state index in [4.69, 9.17) is 19.7 Å². The molecule has 32 heavy (non-hydrogen) atoms. The minimum atomic E-state index is -1.06. The molecule has 0 bridgehead atoms. The van der Waals surface area contributed by atoms with Crippen molar-refractivity contribution in [3.8, 4) is 0 Å². The molecular weight excluding hydrogens is 416 g/mol. The van der Waals surface area contributed by atoms with Crippen molar-refractivity contribution in [3.05, 3.63) is 70.8 Å². The molecule has 0 radical (unpaired) electrons. The number of hydrogen-bond acceptors (Lipinski definition) is 6. The highest BCUT2D eigenvalue weighted by Crippen LogP contribution is 2.08. The van der Waals surface area contributed by atoms with Gasteiger partial charge in [-0.25, -0.2) is 19.2 Å². The van der Waals surface area contributed by atoms with Crippen LogP contribution in [0.3, 0.4) is 0 Å². The van der Waals surface area contributed by atoms with Crippen molar-refractivity contribution in [1.82, 2.24) is 0 Å². The molecule has 8 heteroatoms. The summed E-state index contributed by atoms with van der Waals surface area (Å²) >= 11 is 0. The first-order valence-electron chi connectivity index (χ1n) is 10.3. The summed E-state index contributed by atoms with van der Waals surface area (Å²) in [5, 5.41) is 16.9. The molecule has 2 aromatic carbocycles. The fourth-order valence-electron chi connectivity index (χ4n) is 2.28. The quantitative estimate of drug-likeness (QED) is 0.399. The second-order valence-electron chi connectivity index (χ2n) is 6.74. The van der Waals surface area contributed by atoms with Gasteiger partial charge in [-0.2, -0.15) is 0 Å². The zero-order chi connectivity index (χ0) is 23.9. The highest BCUT2D eigenvalue weighted by molar-refractivity contribution is 5.93. The summed E-state index contributed by atoms with van der Waals surface area (Å²) in [7, 11) is 0. The molecule has 0 heterocycles. The summed E-state index contributed by atoms with van der Waals surface area (Å²) in [5.41, 5.74) is 1.07. The first-order chi connectivity index (χ1) is 15.3. The number of rotatable bonds is 10. The SMILES string of the molecule is CCCCOC(=O)c1ccc(C(=O)OCCCC)cc1.O=C(O)c1ccc(C(=O)O)cc1. The molecule has 0 aromatic heterocycles. The Labute approximate surface area is 186 Å². The molecule has 0 saturated heterocycles. The van der Waals surface area contributed by atoms with Crippen LogP contribution in [-0.4, -0.2) is 47.3 Å². The number of esters is 2. The lowest BCUT2D eigenvalue weighted by atomic mass is 10.1. The van der Waals surface area contributed by atoms with Crippen LogP contribution in [0.4, 0.5) is 0 Å². The van der Waals surface area contributed by atoms with Crippen molar-refractivity contribution in [3.63, 3.8) is 0 Å². The normalized spacial score (nSPS) is 9.81. The Morgan fingerprint density at radius 3 is 1.12 bits per heavy atom. The molecule has 0 aliphatic rings. The zero-order valence-corrected chi connectivity index (χ0v) is 18.2. The third-order valence-corrected chi connectivity index (χ3v) is 4.20. The van der Waals surface area contributed by atoms with Crippen LogP contribution in [0.1, 0.15) is 81.0 Å². The standard InChI is InChI=1S/C16H22O4.C8H6O4/c1-3-5-11-19-15(17)13-7-9-14(10-8-13)16(18)20-12-6-4-2;9-7(10)5-1-2-6(4-3-5)8(11)12/h7-10H,3-6,11-12H2,1-2H3;1-4H,(H,9,10)(H,11,12). The summed E-state index contributed by atoms with van der Waals surface area (Å²) in [5.74, 6) is -2.84. The summed E-state index contributed by atoms with van der Waals surface area (Å²) < 4.78 is 10.2. The molecule has 2 rings (SSSR count). The van der Waals surface area contributed by atoms with Gasteiger partial charge in [-0.3, -0.25) is 0 Å². The third-order valence-electron chi connectivity index (χ3n) is 4.20. The monoisotopic (exact) mass is 444 g/mol. The maximum Gasteiger partial charge on any atom is 0.338 e. The van der Waals surface area contributed by atoms with E-state index < -0.39 is 11.9 Å².